The second-order valence-electron chi connectivity index (χ2n) is 5.29. The summed E-state index contributed by atoms with van der Waals surface area (Å²) in [5.74, 6) is 0.822. The van der Waals surface area contributed by atoms with Crippen LogP contribution < -0.4 is 11.1 Å². The fourth-order valence-electron chi connectivity index (χ4n) is 2.44. The van der Waals surface area contributed by atoms with Crippen molar-refractivity contribution < 1.29 is 4.79 Å². The highest BCUT2D eigenvalue weighted by Crippen LogP contribution is 2.19. The van der Waals surface area contributed by atoms with Gasteiger partial charge in [-0.1, -0.05) is 6.07 Å². The third-order valence-electron chi connectivity index (χ3n) is 3.57. The van der Waals surface area contributed by atoms with Gasteiger partial charge in [-0.25, -0.2) is 0 Å². The zero-order valence-corrected chi connectivity index (χ0v) is 11.9. The van der Waals surface area contributed by atoms with E-state index in [2.05, 4.69) is 15.5 Å². The van der Waals surface area contributed by atoms with Crippen LogP contribution in [0.3, 0.4) is 0 Å². The molecule has 1 amide bonds. The lowest BCUT2D eigenvalue weighted by Crippen LogP contribution is -2.39. The Bertz CT molecular complexity index is 665. The molecule has 0 spiro atoms. The number of nitrogen functional groups attached to an aromatic ring is 1. The molecule has 7 nitrogen and oxygen atoms in total. The molecule has 7 heteroatoms. The van der Waals surface area contributed by atoms with E-state index < -0.39 is 0 Å². The number of nitrogens with one attached hydrogen (secondary N) is 1. The monoisotopic (exact) mass is 286 g/mol. The Morgan fingerprint density at radius 3 is 3.10 bits per heavy atom. The van der Waals surface area contributed by atoms with Crippen LogP contribution in [0.15, 0.2) is 24.5 Å². The van der Waals surface area contributed by atoms with Crippen LogP contribution in [0.1, 0.15) is 11.4 Å². The Kier molecular flexibility index (Phi) is 3.57. The molecule has 2 aromatic rings. The number of hydrogen-bond acceptors (Lipinski definition) is 5. The second-order valence-corrected chi connectivity index (χ2v) is 5.29. The summed E-state index contributed by atoms with van der Waals surface area (Å²) >= 11 is 0. The number of rotatable bonds is 3. The van der Waals surface area contributed by atoms with Crippen molar-refractivity contribution in [1.82, 2.24) is 19.7 Å². The molecule has 0 saturated heterocycles. The zero-order chi connectivity index (χ0) is 14.8. The van der Waals surface area contributed by atoms with E-state index in [4.69, 9.17) is 5.73 Å². The van der Waals surface area contributed by atoms with Gasteiger partial charge in [-0.05, 0) is 24.6 Å². The average molecular weight is 286 g/mol. The summed E-state index contributed by atoms with van der Waals surface area (Å²) in [6.45, 7) is 4.53. The average Bonchev–Trinajstić information content (AvgIpc) is 2.89. The number of anilines is 2. The van der Waals surface area contributed by atoms with E-state index in [1.807, 2.05) is 34.6 Å². The van der Waals surface area contributed by atoms with Gasteiger partial charge >= 0.3 is 0 Å². The van der Waals surface area contributed by atoms with Gasteiger partial charge in [0.25, 0.3) is 0 Å². The van der Waals surface area contributed by atoms with E-state index in [0.717, 1.165) is 24.5 Å². The van der Waals surface area contributed by atoms with Gasteiger partial charge in [-0.2, -0.15) is 0 Å². The first-order valence-electron chi connectivity index (χ1n) is 6.87. The van der Waals surface area contributed by atoms with Crippen molar-refractivity contribution in [1.29, 1.82) is 0 Å². The predicted octanol–water partition coefficient (Wildman–Crippen LogP) is 0.623. The summed E-state index contributed by atoms with van der Waals surface area (Å²) in [5.41, 5.74) is 8.22. The van der Waals surface area contributed by atoms with Crippen molar-refractivity contribution in [3.63, 3.8) is 0 Å². The number of aryl methyl sites for hydroxylation is 1. The highest BCUT2D eigenvalue weighted by Gasteiger charge is 2.19. The van der Waals surface area contributed by atoms with E-state index >= 15 is 0 Å². The molecule has 1 aliphatic rings. The summed E-state index contributed by atoms with van der Waals surface area (Å²) in [4.78, 5) is 14.2. The van der Waals surface area contributed by atoms with E-state index in [-0.39, 0.29) is 5.91 Å². The molecule has 3 rings (SSSR count). The van der Waals surface area contributed by atoms with Gasteiger partial charge in [-0.15, -0.1) is 10.2 Å². The topological polar surface area (TPSA) is 89.1 Å². The fourth-order valence-corrected chi connectivity index (χ4v) is 2.44. The highest BCUT2D eigenvalue weighted by molar-refractivity contribution is 5.95. The maximum absolute atomic E-state index is 12.1. The first-order chi connectivity index (χ1) is 10.1. The van der Waals surface area contributed by atoms with Crippen LogP contribution in [0.4, 0.5) is 11.4 Å². The molecule has 0 aliphatic carbocycles. The lowest BCUT2D eigenvalue weighted by Gasteiger charge is -2.26. The summed E-state index contributed by atoms with van der Waals surface area (Å²) in [6.07, 6.45) is 1.72. The van der Waals surface area contributed by atoms with Gasteiger partial charge in [0.15, 0.2) is 0 Å². The summed E-state index contributed by atoms with van der Waals surface area (Å²) in [5, 5.41) is 10.8. The first-order valence-corrected chi connectivity index (χ1v) is 6.87. The van der Waals surface area contributed by atoms with Crippen LogP contribution in [0.5, 0.6) is 0 Å². The largest absolute Gasteiger partial charge is 0.397 e. The molecular weight excluding hydrogens is 268 g/mol. The number of carbonyl (C=O) groups excluding carboxylic acids is 1. The number of aromatic nitrogens is 3. The predicted molar refractivity (Wildman–Crippen MR) is 79.5 cm³/mol. The molecule has 1 aliphatic heterocycles. The molecule has 0 radical (unpaired) electrons. The van der Waals surface area contributed by atoms with Crippen LogP contribution in [-0.2, 0) is 17.9 Å². The van der Waals surface area contributed by atoms with Crippen molar-refractivity contribution in [3.05, 3.63) is 35.9 Å². The number of carbonyl (C=O) groups is 1. The van der Waals surface area contributed by atoms with Crippen LogP contribution >= 0.6 is 0 Å². The van der Waals surface area contributed by atoms with E-state index in [1.54, 1.807) is 6.33 Å². The second kappa shape index (κ2) is 5.53. The van der Waals surface area contributed by atoms with Gasteiger partial charge in [0.05, 0.1) is 24.5 Å². The van der Waals surface area contributed by atoms with Crippen molar-refractivity contribution in [2.24, 2.45) is 0 Å². The lowest BCUT2D eigenvalue weighted by atomic mass is 10.2. The Balaban J connectivity index is 1.60. The number of hydrogen-bond donors (Lipinski definition) is 2. The van der Waals surface area contributed by atoms with Crippen molar-refractivity contribution in [2.45, 2.75) is 20.0 Å². The van der Waals surface area contributed by atoms with E-state index in [0.29, 0.717) is 24.5 Å². The van der Waals surface area contributed by atoms with Gasteiger partial charge in [0, 0.05) is 13.1 Å². The number of fused-ring (bicyclic) bond motifs is 1. The molecule has 0 bridgehead atoms. The molecule has 110 valence electrons. The van der Waals surface area contributed by atoms with Gasteiger partial charge in [0.1, 0.15) is 12.2 Å². The normalized spacial score (nSPS) is 14.7. The Morgan fingerprint density at radius 2 is 2.29 bits per heavy atom. The minimum atomic E-state index is -0.0708. The number of amides is 1. The standard InChI is InChI=1S/C14H18N6O/c1-10-2-3-12(11(15)6-10)17-14(21)8-19-4-5-20-9-16-18-13(20)7-19/h2-3,6,9H,4-5,7-8,15H2,1H3,(H,17,21). The third-order valence-corrected chi connectivity index (χ3v) is 3.57. The molecule has 3 N–H and O–H groups in total. The summed E-state index contributed by atoms with van der Waals surface area (Å²) in [6, 6.07) is 5.60. The fraction of sp³-hybridized carbons (Fsp3) is 0.357. The summed E-state index contributed by atoms with van der Waals surface area (Å²) in [7, 11) is 0. The minimum absolute atomic E-state index is 0.0708. The number of benzene rings is 1. The number of nitrogens with zero attached hydrogens (tertiary/aromatic N) is 4. The molecule has 0 fully saturated rings. The van der Waals surface area contributed by atoms with Crippen molar-refractivity contribution in [2.75, 3.05) is 24.1 Å². The molecule has 0 atom stereocenters. The molecule has 0 saturated carbocycles. The lowest BCUT2D eigenvalue weighted by molar-refractivity contribution is -0.117. The Morgan fingerprint density at radius 1 is 1.43 bits per heavy atom. The minimum Gasteiger partial charge on any atom is -0.397 e. The van der Waals surface area contributed by atoms with Crippen LogP contribution in [-0.4, -0.2) is 38.7 Å². The quantitative estimate of drug-likeness (QED) is 0.808. The molecule has 2 heterocycles. The Hall–Kier alpha value is -2.41. The Labute approximate surface area is 122 Å². The smallest absolute Gasteiger partial charge is 0.238 e. The SMILES string of the molecule is Cc1ccc(NC(=O)CN2CCn3cnnc3C2)c(N)c1. The maximum Gasteiger partial charge on any atom is 0.238 e. The summed E-state index contributed by atoms with van der Waals surface area (Å²) < 4.78 is 2.01. The highest BCUT2D eigenvalue weighted by atomic mass is 16.2. The van der Waals surface area contributed by atoms with E-state index in [9.17, 15) is 4.79 Å². The maximum atomic E-state index is 12.1. The van der Waals surface area contributed by atoms with Crippen molar-refractivity contribution in [3.8, 4) is 0 Å². The molecule has 1 aromatic heterocycles. The first kappa shape index (κ1) is 13.6. The zero-order valence-electron chi connectivity index (χ0n) is 11.9. The molecular formula is C14H18N6O. The van der Waals surface area contributed by atoms with E-state index in [1.165, 1.54) is 0 Å². The van der Waals surface area contributed by atoms with Crippen molar-refractivity contribution >= 4 is 17.3 Å². The van der Waals surface area contributed by atoms with Crippen LogP contribution in [0, 0.1) is 6.92 Å². The van der Waals surface area contributed by atoms with Gasteiger partial charge < -0.3 is 15.6 Å². The van der Waals surface area contributed by atoms with Gasteiger partial charge in [-0.3, -0.25) is 9.69 Å². The van der Waals surface area contributed by atoms with Crippen LogP contribution in [0.25, 0.3) is 0 Å². The molecule has 1 aromatic carbocycles. The van der Waals surface area contributed by atoms with Gasteiger partial charge in [0.2, 0.25) is 5.91 Å². The molecule has 21 heavy (non-hydrogen) atoms. The number of nitrogens with two attached hydrogens (primary N) is 1. The third kappa shape index (κ3) is 3.03. The van der Waals surface area contributed by atoms with Crippen LogP contribution in [0.2, 0.25) is 0 Å². The molecule has 0 unspecified atom stereocenters.